The predicted molar refractivity (Wildman–Crippen MR) is 92.5 cm³/mol. The molecule has 0 saturated carbocycles. The van der Waals surface area contributed by atoms with Crippen molar-refractivity contribution < 1.29 is 23.8 Å². The first kappa shape index (κ1) is 19.2. The molecule has 7 heteroatoms. The lowest BCUT2D eigenvalue weighted by molar-refractivity contribution is -0.166. The highest BCUT2D eigenvalue weighted by molar-refractivity contribution is 5.80. The van der Waals surface area contributed by atoms with Crippen molar-refractivity contribution in [2.24, 2.45) is 0 Å². The van der Waals surface area contributed by atoms with E-state index in [4.69, 9.17) is 14.2 Å². The molecule has 1 aromatic carbocycles. The molecule has 1 N–H and O–H groups in total. The Morgan fingerprint density at radius 1 is 1.36 bits per heavy atom. The third-order valence-electron chi connectivity index (χ3n) is 4.26. The highest BCUT2D eigenvalue weighted by atomic mass is 16.5. The van der Waals surface area contributed by atoms with E-state index < -0.39 is 5.60 Å². The molecule has 2 rings (SSSR count). The number of rotatable bonds is 7. The van der Waals surface area contributed by atoms with Crippen LogP contribution in [0, 0.1) is 0 Å². The van der Waals surface area contributed by atoms with E-state index in [9.17, 15) is 9.59 Å². The molecule has 1 aromatic rings. The quantitative estimate of drug-likeness (QED) is 0.780. The standard InChI is InChI=1S/C18H26N2O5/c1-19-16(21)11-18(13-23-2)12-20(7-8-25-18)17(22)10-14-5-4-6-15(9-14)24-3/h4-6,9H,7-8,10-13H2,1-3H3,(H,19,21)/t18-/m0/s1. The zero-order valence-corrected chi connectivity index (χ0v) is 15.0. The van der Waals surface area contributed by atoms with Gasteiger partial charge in [0.2, 0.25) is 11.8 Å². The second kappa shape index (κ2) is 8.82. The summed E-state index contributed by atoms with van der Waals surface area (Å²) in [6, 6.07) is 7.45. The van der Waals surface area contributed by atoms with E-state index in [0.29, 0.717) is 19.7 Å². The molecule has 1 aliphatic heterocycles. The molecule has 0 spiro atoms. The minimum Gasteiger partial charge on any atom is -0.497 e. The van der Waals surface area contributed by atoms with Crippen LogP contribution in [0.25, 0.3) is 0 Å². The number of nitrogens with one attached hydrogen (secondary N) is 1. The second-order valence-electron chi connectivity index (χ2n) is 6.16. The summed E-state index contributed by atoms with van der Waals surface area (Å²) in [5, 5.41) is 2.60. The predicted octanol–water partition coefficient (Wildman–Crippen LogP) is 0.618. The first-order valence-corrected chi connectivity index (χ1v) is 8.26. The van der Waals surface area contributed by atoms with Gasteiger partial charge in [-0.2, -0.15) is 0 Å². The number of hydrogen-bond donors (Lipinski definition) is 1. The lowest BCUT2D eigenvalue weighted by atomic mass is 9.97. The Hall–Kier alpha value is -2.12. The Balaban J connectivity index is 2.07. The Labute approximate surface area is 148 Å². The van der Waals surface area contributed by atoms with Gasteiger partial charge in [-0.25, -0.2) is 0 Å². The Bertz CT molecular complexity index is 603. The number of methoxy groups -OCH3 is 2. The number of benzene rings is 1. The summed E-state index contributed by atoms with van der Waals surface area (Å²) < 4.78 is 16.3. The number of carbonyl (C=O) groups excluding carboxylic acids is 2. The third-order valence-corrected chi connectivity index (χ3v) is 4.26. The summed E-state index contributed by atoms with van der Waals surface area (Å²) in [5.74, 6) is 0.578. The Kier molecular flexibility index (Phi) is 6.78. The molecule has 0 aliphatic carbocycles. The molecule has 0 radical (unpaired) electrons. The van der Waals surface area contributed by atoms with Crippen LogP contribution in [0.1, 0.15) is 12.0 Å². The smallest absolute Gasteiger partial charge is 0.227 e. The van der Waals surface area contributed by atoms with Crippen LogP contribution in [0.5, 0.6) is 5.75 Å². The first-order chi connectivity index (χ1) is 12.0. The van der Waals surface area contributed by atoms with Gasteiger partial charge in [-0.3, -0.25) is 9.59 Å². The first-order valence-electron chi connectivity index (χ1n) is 8.26. The van der Waals surface area contributed by atoms with Crippen LogP contribution >= 0.6 is 0 Å². The zero-order chi connectivity index (χ0) is 18.3. The summed E-state index contributed by atoms with van der Waals surface area (Å²) in [6.07, 6.45) is 0.431. The molecule has 1 heterocycles. The van der Waals surface area contributed by atoms with Crippen molar-refractivity contribution in [2.75, 3.05) is 47.6 Å². The van der Waals surface area contributed by atoms with Crippen LogP contribution in [0.3, 0.4) is 0 Å². The van der Waals surface area contributed by atoms with Crippen molar-refractivity contribution >= 4 is 11.8 Å². The van der Waals surface area contributed by atoms with Crippen molar-refractivity contribution in [1.82, 2.24) is 10.2 Å². The van der Waals surface area contributed by atoms with E-state index in [2.05, 4.69) is 5.32 Å². The van der Waals surface area contributed by atoms with E-state index in [1.54, 1.807) is 26.2 Å². The topological polar surface area (TPSA) is 77.1 Å². The molecule has 0 aromatic heterocycles. The van der Waals surface area contributed by atoms with Gasteiger partial charge in [0.1, 0.15) is 11.4 Å². The van der Waals surface area contributed by atoms with Crippen LogP contribution in [-0.2, 0) is 25.5 Å². The average Bonchev–Trinajstić information content (AvgIpc) is 2.62. The van der Waals surface area contributed by atoms with E-state index in [1.807, 2.05) is 24.3 Å². The molecule has 1 fully saturated rings. The third kappa shape index (κ3) is 5.17. The molecule has 1 aliphatic rings. The minimum absolute atomic E-state index is 0.00561. The number of carbonyl (C=O) groups is 2. The largest absolute Gasteiger partial charge is 0.497 e. The molecule has 2 amide bonds. The fourth-order valence-corrected chi connectivity index (χ4v) is 3.02. The Morgan fingerprint density at radius 3 is 2.84 bits per heavy atom. The van der Waals surface area contributed by atoms with Gasteiger partial charge in [-0.1, -0.05) is 12.1 Å². The zero-order valence-electron chi connectivity index (χ0n) is 15.0. The summed E-state index contributed by atoms with van der Waals surface area (Å²) in [6.45, 7) is 1.46. The fourth-order valence-electron chi connectivity index (χ4n) is 3.02. The van der Waals surface area contributed by atoms with Gasteiger partial charge in [0.25, 0.3) is 0 Å². The van der Waals surface area contributed by atoms with Gasteiger partial charge in [-0.05, 0) is 17.7 Å². The molecule has 0 bridgehead atoms. The van der Waals surface area contributed by atoms with Gasteiger partial charge in [0, 0.05) is 20.7 Å². The highest BCUT2D eigenvalue weighted by Gasteiger charge is 2.40. The lowest BCUT2D eigenvalue weighted by Crippen LogP contribution is -2.57. The summed E-state index contributed by atoms with van der Waals surface area (Å²) in [4.78, 5) is 26.3. The van der Waals surface area contributed by atoms with E-state index >= 15 is 0 Å². The maximum Gasteiger partial charge on any atom is 0.227 e. The van der Waals surface area contributed by atoms with Gasteiger partial charge < -0.3 is 24.4 Å². The number of nitrogens with zero attached hydrogens (tertiary/aromatic N) is 1. The highest BCUT2D eigenvalue weighted by Crippen LogP contribution is 2.24. The average molecular weight is 350 g/mol. The van der Waals surface area contributed by atoms with E-state index in [-0.39, 0.29) is 31.3 Å². The van der Waals surface area contributed by atoms with Crippen LogP contribution in [0.4, 0.5) is 0 Å². The van der Waals surface area contributed by atoms with Crippen molar-refractivity contribution in [2.45, 2.75) is 18.4 Å². The molecule has 138 valence electrons. The molecule has 25 heavy (non-hydrogen) atoms. The lowest BCUT2D eigenvalue weighted by Gasteiger charge is -2.42. The second-order valence-corrected chi connectivity index (χ2v) is 6.16. The SMILES string of the molecule is CNC(=O)C[C@@]1(COC)CN(C(=O)Cc2cccc(OC)c2)CCO1. The van der Waals surface area contributed by atoms with Crippen molar-refractivity contribution in [3.8, 4) is 5.75 Å². The van der Waals surface area contributed by atoms with Crippen molar-refractivity contribution in [3.63, 3.8) is 0 Å². The van der Waals surface area contributed by atoms with Crippen molar-refractivity contribution in [3.05, 3.63) is 29.8 Å². The molecular weight excluding hydrogens is 324 g/mol. The number of ether oxygens (including phenoxy) is 3. The normalized spacial score (nSPS) is 20.2. The van der Waals surface area contributed by atoms with Gasteiger partial charge in [-0.15, -0.1) is 0 Å². The molecular formula is C18H26N2O5. The van der Waals surface area contributed by atoms with Crippen LogP contribution in [-0.4, -0.2) is 69.9 Å². The minimum atomic E-state index is -0.808. The summed E-state index contributed by atoms with van der Waals surface area (Å²) in [7, 11) is 4.74. The van der Waals surface area contributed by atoms with Crippen LogP contribution in [0.15, 0.2) is 24.3 Å². The maximum absolute atomic E-state index is 12.7. The summed E-state index contributed by atoms with van der Waals surface area (Å²) in [5.41, 5.74) is 0.0800. The summed E-state index contributed by atoms with van der Waals surface area (Å²) >= 11 is 0. The van der Waals surface area contributed by atoms with Crippen LogP contribution in [0.2, 0.25) is 0 Å². The van der Waals surface area contributed by atoms with Gasteiger partial charge in [0.15, 0.2) is 0 Å². The Morgan fingerprint density at radius 2 is 2.16 bits per heavy atom. The molecule has 1 atom stereocenters. The monoisotopic (exact) mass is 350 g/mol. The number of hydrogen-bond acceptors (Lipinski definition) is 5. The van der Waals surface area contributed by atoms with E-state index in [1.165, 1.54) is 0 Å². The van der Waals surface area contributed by atoms with Gasteiger partial charge >= 0.3 is 0 Å². The maximum atomic E-state index is 12.7. The van der Waals surface area contributed by atoms with Crippen molar-refractivity contribution in [1.29, 1.82) is 0 Å². The van der Waals surface area contributed by atoms with E-state index in [0.717, 1.165) is 11.3 Å². The molecule has 7 nitrogen and oxygen atoms in total. The van der Waals surface area contributed by atoms with Gasteiger partial charge in [0.05, 0.1) is 39.7 Å². The molecule has 0 unspecified atom stereocenters. The van der Waals surface area contributed by atoms with Crippen LogP contribution < -0.4 is 10.1 Å². The number of amides is 2. The number of morpholine rings is 1. The molecule has 1 saturated heterocycles. The fraction of sp³-hybridized carbons (Fsp3) is 0.556.